The van der Waals surface area contributed by atoms with Crippen LogP contribution in [0.5, 0.6) is 0 Å². The average Bonchev–Trinajstić information content (AvgIpc) is 2.27. The fourth-order valence-corrected chi connectivity index (χ4v) is 1.95. The Hall–Kier alpha value is -2.00. The van der Waals surface area contributed by atoms with E-state index in [-0.39, 0.29) is 6.42 Å². The van der Waals surface area contributed by atoms with Crippen molar-refractivity contribution in [1.82, 2.24) is 10.3 Å². The van der Waals surface area contributed by atoms with E-state index in [1.165, 1.54) is 6.20 Å². The van der Waals surface area contributed by atoms with E-state index in [2.05, 4.69) is 4.98 Å². The Kier molecular flexibility index (Phi) is 4.95. The molecule has 104 valence electrons. The van der Waals surface area contributed by atoms with E-state index in [4.69, 9.17) is 9.66 Å². The number of nitrogens with zero attached hydrogens (tertiary/aromatic N) is 1. The van der Waals surface area contributed by atoms with Crippen molar-refractivity contribution in [3.05, 3.63) is 30.1 Å². The number of carbonyl (C=O) groups excluding carboxylic acids is 1. The summed E-state index contributed by atoms with van der Waals surface area (Å²) in [4.78, 5) is 26.2. The SMILES string of the molecule is O=C(Cc1ccccn1)N[C@@H](CS(=O)(=O)O)C(=O)O. The van der Waals surface area contributed by atoms with Gasteiger partial charge in [-0.15, -0.1) is 0 Å². The third-order valence-corrected chi connectivity index (χ3v) is 2.83. The van der Waals surface area contributed by atoms with Crippen molar-refractivity contribution in [3.63, 3.8) is 0 Å². The lowest BCUT2D eigenvalue weighted by Crippen LogP contribution is -2.45. The van der Waals surface area contributed by atoms with Gasteiger partial charge in [-0.2, -0.15) is 8.42 Å². The van der Waals surface area contributed by atoms with Crippen molar-refractivity contribution < 1.29 is 27.7 Å². The van der Waals surface area contributed by atoms with Gasteiger partial charge >= 0.3 is 5.97 Å². The summed E-state index contributed by atoms with van der Waals surface area (Å²) >= 11 is 0. The predicted octanol–water partition coefficient (Wildman–Crippen LogP) is -0.919. The van der Waals surface area contributed by atoms with Crippen LogP contribution in [0.15, 0.2) is 24.4 Å². The molecule has 0 bridgehead atoms. The van der Waals surface area contributed by atoms with E-state index in [1.54, 1.807) is 18.2 Å². The molecule has 1 amide bonds. The van der Waals surface area contributed by atoms with E-state index in [1.807, 2.05) is 5.32 Å². The molecule has 0 radical (unpaired) electrons. The molecule has 1 atom stereocenters. The highest BCUT2D eigenvalue weighted by molar-refractivity contribution is 7.85. The maximum Gasteiger partial charge on any atom is 0.327 e. The van der Waals surface area contributed by atoms with Gasteiger partial charge in [-0.1, -0.05) is 6.07 Å². The molecule has 9 heteroatoms. The van der Waals surface area contributed by atoms with Gasteiger partial charge in [-0.05, 0) is 12.1 Å². The summed E-state index contributed by atoms with van der Waals surface area (Å²) in [7, 11) is -4.50. The highest BCUT2D eigenvalue weighted by Crippen LogP contribution is 1.97. The van der Waals surface area contributed by atoms with Gasteiger partial charge in [0.05, 0.1) is 6.42 Å². The number of rotatable bonds is 6. The summed E-state index contributed by atoms with van der Waals surface area (Å²) in [5.74, 6) is -3.34. The van der Waals surface area contributed by atoms with Crippen LogP contribution in [0.1, 0.15) is 5.69 Å². The van der Waals surface area contributed by atoms with Gasteiger partial charge < -0.3 is 10.4 Å². The first-order valence-corrected chi connectivity index (χ1v) is 6.76. The number of carbonyl (C=O) groups is 2. The number of carboxylic acid groups (broad SMARTS) is 1. The van der Waals surface area contributed by atoms with Gasteiger partial charge in [0.15, 0.2) is 0 Å². The Morgan fingerprint density at radius 3 is 2.53 bits per heavy atom. The second-order valence-corrected chi connectivity index (χ2v) is 5.20. The van der Waals surface area contributed by atoms with Crippen LogP contribution < -0.4 is 5.32 Å². The lowest BCUT2D eigenvalue weighted by atomic mass is 10.2. The van der Waals surface area contributed by atoms with E-state index < -0.39 is 33.8 Å². The van der Waals surface area contributed by atoms with E-state index in [9.17, 15) is 18.0 Å². The first kappa shape index (κ1) is 15.1. The number of pyridine rings is 1. The zero-order chi connectivity index (χ0) is 14.5. The highest BCUT2D eigenvalue weighted by Gasteiger charge is 2.25. The van der Waals surface area contributed by atoms with Gasteiger partial charge in [0.25, 0.3) is 10.1 Å². The van der Waals surface area contributed by atoms with Crippen molar-refractivity contribution in [3.8, 4) is 0 Å². The topological polar surface area (TPSA) is 134 Å². The Bertz CT molecular complexity index is 557. The summed E-state index contributed by atoms with van der Waals surface area (Å²) < 4.78 is 29.8. The number of nitrogens with one attached hydrogen (secondary N) is 1. The molecule has 1 aromatic rings. The molecule has 0 aliphatic carbocycles. The summed E-state index contributed by atoms with van der Waals surface area (Å²) in [5.41, 5.74) is 0.413. The van der Waals surface area contributed by atoms with Crippen LogP contribution >= 0.6 is 0 Å². The van der Waals surface area contributed by atoms with Crippen LogP contribution in [0.2, 0.25) is 0 Å². The third kappa shape index (κ3) is 5.93. The Balaban J connectivity index is 2.65. The summed E-state index contributed by atoms with van der Waals surface area (Å²) in [6.45, 7) is 0. The highest BCUT2D eigenvalue weighted by atomic mass is 32.2. The van der Waals surface area contributed by atoms with Crippen molar-refractivity contribution >= 4 is 22.0 Å². The minimum absolute atomic E-state index is 0.184. The van der Waals surface area contributed by atoms with Crippen LogP contribution in [-0.2, 0) is 26.1 Å². The van der Waals surface area contributed by atoms with Gasteiger partial charge in [0.1, 0.15) is 11.8 Å². The summed E-state index contributed by atoms with van der Waals surface area (Å²) in [6, 6.07) is 3.17. The van der Waals surface area contributed by atoms with Crippen LogP contribution in [0.25, 0.3) is 0 Å². The van der Waals surface area contributed by atoms with Crippen LogP contribution in [-0.4, -0.2) is 46.7 Å². The molecule has 1 heterocycles. The quantitative estimate of drug-likeness (QED) is 0.576. The Labute approximate surface area is 109 Å². The molecule has 19 heavy (non-hydrogen) atoms. The normalized spacial score (nSPS) is 12.7. The van der Waals surface area contributed by atoms with Crippen LogP contribution in [0.3, 0.4) is 0 Å². The molecule has 0 aliphatic heterocycles. The van der Waals surface area contributed by atoms with Gasteiger partial charge in [0.2, 0.25) is 5.91 Å². The second-order valence-electron chi connectivity index (χ2n) is 3.70. The number of amides is 1. The van der Waals surface area contributed by atoms with Crippen molar-refractivity contribution in [2.75, 3.05) is 5.75 Å². The number of carboxylic acids is 1. The Morgan fingerprint density at radius 2 is 2.05 bits per heavy atom. The van der Waals surface area contributed by atoms with Crippen LogP contribution in [0.4, 0.5) is 0 Å². The van der Waals surface area contributed by atoms with Crippen molar-refractivity contribution in [2.24, 2.45) is 0 Å². The molecule has 0 saturated carbocycles. The summed E-state index contributed by atoms with van der Waals surface area (Å²) in [5, 5.41) is 10.7. The standard InChI is InChI=1S/C10H12N2O6S/c13-9(5-7-3-1-2-4-11-7)12-8(10(14)15)6-19(16,17)18/h1-4,8H,5-6H2,(H,12,13)(H,14,15)(H,16,17,18)/t8-/m0/s1. The molecular formula is C10H12N2O6S. The lowest BCUT2D eigenvalue weighted by Gasteiger charge is -2.12. The minimum Gasteiger partial charge on any atom is -0.480 e. The van der Waals surface area contributed by atoms with E-state index in [0.29, 0.717) is 5.69 Å². The second kappa shape index (κ2) is 6.25. The molecule has 0 unspecified atom stereocenters. The number of aliphatic carboxylic acids is 1. The molecule has 0 aromatic carbocycles. The molecule has 1 aromatic heterocycles. The third-order valence-electron chi connectivity index (χ3n) is 2.08. The summed E-state index contributed by atoms with van der Waals surface area (Å²) in [6.07, 6.45) is 1.28. The zero-order valence-electron chi connectivity index (χ0n) is 9.68. The fraction of sp³-hybridized carbons (Fsp3) is 0.300. The molecule has 1 rings (SSSR count). The fourth-order valence-electron chi connectivity index (χ4n) is 1.30. The van der Waals surface area contributed by atoms with Crippen LogP contribution in [0, 0.1) is 0 Å². The molecule has 0 fully saturated rings. The molecule has 0 aliphatic rings. The molecular weight excluding hydrogens is 276 g/mol. The van der Waals surface area contributed by atoms with Gasteiger partial charge in [-0.3, -0.25) is 14.3 Å². The van der Waals surface area contributed by atoms with Gasteiger partial charge in [0, 0.05) is 11.9 Å². The van der Waals surface area contributed by atoms with Crippen molar-refractivity contribution in [1.29, 1.82) is 0 Å². The molecule has 3 N–H and O–H groups in total. The largest absolute Gasteiger partial charge is 0.480 e. The number of aromatic nitrogens is 1. The number of hydrogen-bond donors (Lipinski definition) is 3. The van der Waals surface area contributed by atoms with Crippen molar-refractivity contribution in [2.45, 2.75) is 12.5 Å². The average molecular weight is 288 g/mol. The number of hydrogen-bond acceptors (Lipinski definition) is 5. The predicted molar refractivity (Wildman–Crippen MR) is 63.9 cm³/mol. The monoisotopic (exact) mass is 288 g/mol. The van der Waals surface area contributed by atoms with E-state index in [0.717, 1.165) is 0 Å². The maximum atomic E-state index is 11.5. The molecule has 0 spiro atoms. The molecule has 0 saturated heterocycles. The van der Waals surface area contributed by atoms with E-state index >= 15 is 0 Å². The zero-order valence-corrected chi connectivity index (χ0v) is 10.5. The maximum absolute atomic E-state index is 11.5. The first-order valence-electron chi connectivity index (χ1n) is 5.15. The minimum atomic E-state index is -4.50. The lowest BCUT2D eigenvalue weighted by molar-refractivity contribution is -0.141. The van der Waals surface area contributed by atoms with Gasteiger partial charge in [-0.25, -0.2) is 4.79 Å². The Morgan fingerprint density at radius 1 is 1.37 bits per heavy atom. The molecule has 8 nitrogen and oxygen atoms in total. The smallest absolute Gasteiger partial charge is 0.327 e. The first-order chi connectivity index (χ1) is 8.78.